The minimum Gasteiger partial charge on any atom is -0.490 e. The molecule has 3 rings (SSSR count). The van der Waals surface area contributed by atoms with Gasteiger partial charge in [0, 0.05) is 16.4 Å². The van der Waals surface area contributed by atoms with Gasteiger partial charge in [0.05, 0.1) is 17.8 Å². The third kappa shape index (κ3) is 8.50. The smallest absolute Gasteiger partial charge is 0.329 e. The van der Waals surface area contributed by atoms with E-state index in [1.807, 2.05) is 24.3 Å². The number of hydrazone groups is 1. The fourth-order valence-electron chi connectivity index (χ4n) is 3.19. The topological polar surface area (TPSA) is 118 Å². The van der Waals surface area contributed by atoms with Crippen LogP contribution in [0.2, 0.25) is 10.0 Å². The van der Waals surface area contributed by atoms with Gasteiger partial charge in [-0.05, 0) is 66.9 Å². The van der Waals surface area contributed by atoms with Crippen molar-refractivity contribution in [2.75, 3.05) is 23.8 Å². The lowest BCUT2D eigenvalue weighted by Gasteiger charge is -2.14. The lowest BCUT2D eigenvalue weighted by Crippen LogP contribution is -2.32. The molecule has 0 aliphatic carbocycles. The molecule has 0 fully saturated rings. The first-order valence-electron chi connectivity index (χ1n) is 11.7. The van der Waals surface area contributed by atoms with Crippen LogP contribution in [0.15, 0.2) is 65.8 Å². The molecule has 0 saturated carbocycles. The molecule has 11 heteroatoms. The molecule has 0 atom stereocenters. The van der Waals surface area contributed by atoms with Gasteiger partial charge in [0.25, 0.3) is 5.91 Å². The van der Waals surface area contributed by atoms with E-state index in [2.05, 4.69) is 28.1 Å². The number of halogens is 2. The van der Waals surface area contributed by atoms with E-state index in [0.717, 1.165) is 12.0 Å². The number of hydrogen-bond donors (Lipinski definition) is 3. The molecule has 0 heterocycles. The largest absolute Gasteiger partial charge is 0.490 e. The van der Waals surface area contributed by atoms with Gasteiger partial charge in [-0.15, -0.1) is 0 Å². The van der Waals surface area contributed by atoms with E-state index in [1.165, 1.54) is 18.3 Å². The molecule has 0 bridgehead atoms. The Morgan fingerprint density at radius 3 is 2.34 bits per heavy atom. The van der Waals surface area contributed by atoms with Crippen molar-refractivity contribution in [2.45, 2.75) is 20.3 Å². The summed E-state index contributed by atoms with van der Waals surface area (Å²) in [7, 11) is 0. The van der Waals surface area contributed by atoms with Crippen molar-refractivity contribution in [1.29, 1.82) is 0 Å². The average Bonchev–Trinajstić information content (AvgIpc) is 2.88. The quantitative estimate of drug-likeness (QED) is 0.183. The van der Waals surface area contributed by atoms with Gasteiger partial charge in [-0.25, -0.2) is 5.43 Å². The highest BCUT2D eigenvalue weighted by Crippen LogP contribution is 2.36. The summed E-state index contributed by atoms with van der Waals surface area (Å²) in [4.78, 5) is 36.5. The molecule has 9 nitrogen and oxygen atoms in total. The standard InChI is InChI=1S/C27H26Cl2N4O5/c1-3-17-8-10-20(11-9-17)31-24(34)16-38-25-22(29)12-18(13-23(25)37-4-2)15-30-33-27(36)26(35)32-21-7-5-6-19(28)14-21/h5-15H,3-4,16H2,1-2H3,(H,31,34)(H,32,35)(H,33,36)/b30-15-. The molecule has 3 amide bonds. The van der Waals surface area contributed by atoms with E-state index in [-0.39, 0.29) is 29.0 Å². The van der Waals surface area contributed by atoms with Crippen molar-refractivity contribution in [3.8, 4) is 11.5 Å². The second-order valence-electron chi connectivity index (χ2n) is 7.81. The van der Waals surface area contributed by atoms with E-state index >= 15 is 0 Å². The number of nitrogens with one attached hydrogen (secondary N) is 3. The molecule has 3 aromatic rings. The van der Waals surface area contributed by atoms with E-state index in [4.69, 9.17) is 32.7 Å². The molecule has 3 aromatic carbocycles. The maximum absolute atomic E-state index is 12.4. The van der Waals surface area contributed by atoms with Crippen LogP contribution < -0.4 is 25.5 Å². The number of ether oxygens (including phenoxy) is 2. The molecule has 0 aliphatic heterocycles. The third-order valence-corrected chi connectivity index (χ3v) is 5.51. The number of aryl methyl sites for hydroxylation is 1. The van der Waals surface area contributed by atoms with Gasteiger partial charge in [0.15, 0.2) is 18.1 Å². The molecule has 0 spiro atoms. The fraction of sp³-hybridized carbons (Fsp3) is 0.185. The molecule has 198 valence electrons. The summed E-state index contributed by atoms with van der Waals surface area (Å²) in [5.74, 6) is -1.79. The zero-order valence-electron chi connectivity index (χ0n) is 20.7. The monoisotopic (exact) mass is 556 g/mol. The molecule has 0 aliphatic rings. The van der Waals surface area contributed by atoms with Gasteiger partial charge in [-0.3, -0.25) is 14.4 Å². The van der Waals surface area contributed by atoms with Crippen LogP contribution in [0, 0.1) is 0 Å². The van der Waals surface area contributed by atoms with Crippen molar-refractivity contribution >= 4 is 58.5 Å². The van der Waals surface area contributed by atoms with Crippen molar-refractivity contribution < 1.29 is 23.9 Å². The molecular weight excluding hydrogens is 531 g/mol. The van der Waals surface area contributed by atoms with Crippen molar-refractivity contribution in [1.82, 2.24) is 5.43 Å². The normalized spacial score (nSPS) is 10.6. The maximum atomic E-state index is 12.4. The van der Waals surface area contributed by atoms with Crippen molar-refractivity contribution in [3.05, 3.63) is 81.8 Å². The number of hydrogen-bond acceptors (Lipinski definition) is 6. The Balaban J connectivity index is 1.60. The van der Waals surface area contributed by atoms with Crippen LogP contribution in [0.4, 0.5) is 11.4 Å². The van der Waals surface area contributed by atoms with E-state index in [1.54, 1.807) is 31.2 Å². The Hall–Kier alpha value is -4.08. The Kier molecular flexibility index (Phi) is 10.5. The van der Waals surface area contributed by atoms with Crippen LogP contribution in [-0.4, -0.2) is 37.1 Å². The van der Waals surface area contributed by atoms with E-state index < -0.39 is 11.8 Å². The van der Waals surface area contributed by atoms with Crippen molar-refractivity contribution in [3.63, 3.8) is 0 Å². The minimum atomic E-state index is -0.979. The first-order valence-corrected chi connectivity index (χ1v) is 12.4. The minimum absolute atomic E-state index is 0.169. The highest BCUT2D eigenvalue weighted by molar-refractivity contribution is 6.39. The molecule has 0 unspecified atom stereocenters. The number of amides is 3. The lowest BCUT2D eigenvalue weighted by molar-refractivity contribution is -0.136. The molecular formula is C27H26Cl2N4O5. The SMILES string of the molecule is CCOc1cc(/C=N\NC(=O)C(=O)Nc2cccc(Cl)c2)cc(Cl)c1OCC(=O)Nc1ccc(CC)cc1. The molecule has 0 saturated heterocycles. The number of anilines is 2. The Morgan fingerprint density at radius 2 is 1.66 bits per heavy atom. The van der Waals surface area contributed by atoms with Crippen LogP contribution in [0.5, 0.6) is 11.5 Å². The van der Waals surface area contributed by atoms with Gasteiger partial charge in [0.2, 0.25) is 0 Å². The zero-order valence-corrected chi connectivity index (χ0v) is 22.2. The van der Waals surface area contributed by atoms with Gasteiger partial charge >= 0.3 is 11.8 Å². The number of rotatable bonds is 10. The van der Waals surface area contributed by atoms with E-state index in [9.17, 15) is 14.4 Å². The summed E-state index contributed by atoms with van der Waals surface area (Å²) in [5, 5.41) is 9.56. The highest BCUT2D eigenvalue weighted by atomic mass is 35.5. The van der Waals surface area contributed by atoms with Crippen LogP contribution in [-0.2, 0) is 20.8 Å². The van der Waals surface area contributed by atoms with Crippen LogP contribution in [0.3, 0.4) is 0 Å². The number of nitrogens with zero attached hydrogens (tertiary/aromatic N) is 1. The summed E-state index contributed by atoms with van der Waals surface area (Å²) < 4.78 is 11.3. The van der Waals surface area contributed by atoms with Crippen LogP contribution >= 0.6 is 23.2 Å². The molecule has 0 aromatic heterocycles. The molecule has 38 heavy (non-hydrogen) atoms. The van der Waals surface area contributed by atoms with Gasteiger partial charge < -0.3 is 20.1 Å². The fourth-order valence-corrected chi connectivity index (χ4v) is 3.66. The van der Waals surface area contributed by atoms with E-state index in [0.29, 0.717) is 28.6 Å². The predicted octanol–water partition coefficient (Wildman–Crippen LogP) is 5.06. The predicted molar refractivity (Wildman–Crippen MR) is 148 cm³/mol. The van der Waals surface area contributed by atoms with Crippen LogP contribution in [0.1, 0.15) is 25.0 Å². The van der Waals surface area contributed by atoms with Crippen molar-refractivity contribution in [2.24, 2.45) is 5.10 Å². The lowest BCUT2D eigenvalue weighted by atomic mass is 10.1. The zero-order chi connectivity index (χ0) is 27.5. The Labute approximate surface area is 230 Å². The van der Waals surface area contributed by atoms with Gasteiger partial charge in [-0.2, -0.15) is 5.10 Å². The highest BCUT2D eigenvalue weighted by Gasteiger charge is 2.15. The Morgan fingerprint density at radius 1 is 0.895 bits per heavy atom. The second-order valence-corrected chi connectivity index (χ2v) is 8.66. The Bertz CT molecular complexity index is 1330. The number of carbonyl (C=O) groups excluding carboxylic acids is 3. The third-order valence-electron chi connectivity index (χ3n) is 4.99. The summed E-state index contributed by atoms with van der Waals surface area (Å²) in [6.45, 7) is 3.85. The first-order chi connectivity index (χ1) is 18.3. The molecule has 3 N–H and O–H groups in total. The summed E-state index contributed by atoms with van der Waals surface area (Å²) in [6.07, 6.45) is 2.19. The first kappa shape index (κ1) is 28.5. The summed E-state index contributed by atoms with van der Waals surface area (Å²) in [5.41, 5.74) is 4.79. The summed E-state index contributed by atoms with van der Waals surface area (Å²) in [6, 6.07) is 17.0. The van der Waals surface area contributed by atoms with Gasteiger partial charge in [0.1, 0.15) is 0 Å². The summed E-state index contributed by atoms with van der Waals surface area (Å²) >= 11 is 12.3. The maximum Gasteiger partial charge on any atom is 0.329 e. The van der Waals surface area contributed by atoms with Gasteiger partial charge in [-0.1, -0.05) is 48.3 Å². The second kappa shape index (κ2) is 14.0. The molecule has 0 radical (unpaired) electrons. The number of benzene rings is 3. The van der Waals surface area contributed by atoms with Crippen LogP contribution in [0.25, 0.3) is 0 Å². The number of carbonyl (C=O) groups is 3. The average molecular weight is 557 g/mol.